The number of hydrogen-bond acceptors (Lipinski definition) is 3. The zero-order chi connectivity index (χ0) is 17.9. The van der Waals surface area contributed by atoms with Crippen molar-refractivity contribution in [2.75, 3.05) is 0 Å². The highest BCUT2D eigenvalue weighted by atomic mass is 19.4. The third-order valence-electron chi connectivity index (χ3n) is 3.37. The molecular weight excluding hydrogens is 334 g/mol. The lowest BCUT2D eigenvalue weighted by Crippen LogP contribution is -2.32. The monoisotopic (exact) mass is 347 g/mol. The molecule has 4 amide bonds. The Bertz CT molecular complexity index is 676. The van der Waals surface area contributed by atoms with E-state index in [-0.39, 0.29) is 12.8 Å². The van der Waals surface area contributed by atoms with Crippen molar-refractivity contribution in [1.29, 1.82) is 0 Å². The number of halogens is 4. The fourth-order valence-corrected chi connectivity index (χ4v) is 2.20. The molecule has 0 aromatic heterocycles. The van der Waals surface area contributed by atoms with Gasteiger partial charge in [0.05, 0.1) is 5.56 Å². The van der Waals surface area contributed by atoms with Crippen LogP contribution in [0.5, 0.6) is 0 Å². The Morgan fingerprint density at radius 2 is 1.96 bits per heavy atom. The molecule has 1 saturated heterocycles. The molecule has 0 unspecified atom stereocenters. The number of alkyl halides is 3. The standard InChI is InChI=1S/C14H13F4N3O3/c15-8-1-2-9(14(16,17)18)7(5-8)6-19-11(22)4-3-10-12(23)21-13(24)20-10/h1-2,5,10H,3-4,6H2,(H,19,22)(H2,20,21,23,24)/t10-/m0/s1. The van der Waals surface area contributed by atoms with E-state index in [9.17, 15) is 31.9 Å². The van der Waals surface area contributed by atoms with Crippen molar-refractivity contribution in [3.05, 3.63) is 35.1 Å². The average Bonchev–Trinajstić information content (AvgIpc) is 2.79. The summed E-state index contributed by atoms with van der Waals surface area (Å²) in [6.07, 6.45) is -4.85. The summed E-state index contributed by atoms with van der Waals surface area (Å²) in [5.41, 5.74) is -1.44. The third kappa shape index (κ3) is 4.43. The second-order valence-corrected chi connectivity index (χ2v) is 5.13. The van der Waals surface area contributed by atoms with Crippen LogP contribution in [0.15, 0.2) is 18.2 Å². The normalized spacial score (nSPS) is 17.4. The SMILES string of the molecule is O=C(CC[C@@H]1NC(=O)NC1=O)NCc1cc(F)ccc1C(F)(F)F. The molecule has 0 aliphatic carbocycles. The zero-order valence-electron chi connectivity index (χ0n) is 12.2. The first-order chi connectivity index (χ1) is 11.2. The van der Waals surface area contributed by atoms with E-state index >= 15 is 0 Å². The summed E-state index contributed by atoms with van der Waals surface area (Å²) in [4.78, 5) is 33.8. The largest absolute Gasteiger partial charge is 0.416 e. The highest BCUT2D eigenvalue weighted by Gasteiger charge is 2.33. The van der Waals surface area contributed by atoms with Crippen LogP contribution in [-0.4, -0.2) is 23.9 Å². The smallest absolute Gasteiger partial charge is 0.352 e. The van der Waals surface area contributed by atoms with Crippen molar-refractivity contribution in [1.82, 2.24) is 16.0 Å². The van der Waals surface area contributed by atoms with Crippen LogP contribution in [0.4, 0.5) is 22.4 Å². The minimum Gasteiger partial charge on any atom is -0.352 e. The molecule has 0 saturated carbocycles. The molecule has 1 fully saturated rings. The Labute approximate surface area is 133 Å². The Kier molecular flexibility index (Phi) is 5.05. The predicted octanol–water partition coefficient (Wildman–Crippen LogP) is 1.45. The number of imide groups is 1. The highest BCUT2D eigenvalue weighted by molar-refractivity contribution is 6.04. The van der Waals surface area contributed by atoms with Gasteiger partial charge in [0.1, 0.15) is 11.9 Å². The molecule has 3 N–H and O–H groups in total. The topological polar surface area (TPSA) is 87.3 Å². The van der Waals surface area contributed by atoms with Crippen LogP contribution < -0.4 is 16.0 Å². The Morgan fingerprint density at radius 1 is 1.25 bits per heavy atom. The molecule has 1 aliphatic heterocycles. The second-order valence-electron chi connectivity index (χ2n) is 5.13. The van der Waals surface area contributed by atoms with E-state index in [1.54, 1.807) is 0 Å². The Morgan fingerprint density at radius 3 is 2.54 bits per heavy atom. The van der Waals surface area contributed by atoms with Gasteiger partial charge in [-0.05, 0) is 30.2 Å². The van der Waals surface area contributed by atoms with Gasteiger partial charge in [-0.15, -0.1) is 0 Å². The lowest BCUT2D eigenvalue weighted by Gasteiger charge is -2.14. The molecule has 10 heteroatoms. The van der Waals surface area contributed by atoms with E-state index in [2.05, 4.69) is 10.6 Å². The first-order valence-electron chi connectivity index (χ1n) is 6.90. The van der Waals surface area contributed by atoms with Crippen LogP contribution in [0.3, 0.4) is 0 Å². The van der Waals surface area contributed by atoms with Crippen molar-refractivity contribution in [3.8, 4) is 0 Å². The maximum Gasteiger partial charge on any atom is 0.416 e. The van der Waals surface area contributed by atoms with Crippen LogP contribution in [0.25, 0.3) is 0 Å². The van der Waals surface area contributed by atoms with Crippen molar-refractivity contribution < 1.29 is 31.9 Å². The number of hydrogen-bond donors (Lipinski definition) is 3. The highest BCUT2D eigenvalue weighted by Crippen LogP contribution is 2.32. The van der Waals surface area contributed by atoms with Gasteiger partial charge in [-0.25, -0.2) is 9.18 Å². The number of amides is 4. The minimum absolute atomic E-state index is 0.00130. The number of benzene rings is 1. The first kappa shape index (κ1) is 17.7. The van der Waals surface area contributed by atoms with Gasteiger partial charge in [0.25, 0.3) is 5.91 Å². The summed E-state index contributed by atoms with van der Waals surface area (Å²) in [6, 6.07) is 0.474. The molecule has 1 atom stereocenters. The summed E-state index contributed by atoms with van der Waals surface area (Å²) in [6.45, 7) is -0.505. The quantitative estimate of drug-likeness (QED) is 0.557. The van der Waals surface area contributed by atoms with Crippen molar-refractivity contribution >= 4 is 17.8 Å². The molecule has 0 spiro atoms. The lowest BCUT2D eigenvalue weighted by atomic mass is 10.1. The molecule has 2 rings (SSSR count). The van der Waals surface area contributed by atoms with Gasteiger partial charge in [0.15, 0.2) is 0 Å². The van der Waals surface area contributed by atoms with E-state index in [1.165, 1.54) is 0 Å². The fraction of sp³-hybridized carbons (Fsp3) is 0.357. The summed E-state index contributed by atoms with van der Waals surface area (Å²) in [5.74, 6) is -2.05. The van der Waals surface area contributed by atoms with Gasteiger partial charge in [-0.1, -0.05) is 0 Å². The van der Waals surface area contributed by atoms with Crippen molar-refractivity contribution in [2.45, 2.75) is 31.6 Å². The van der Waals surface area contributed by atoms with Gasteiger partial charge >= 0.3 is 12.2 Å². The molecule has 6 nitrogen and oxygen atoms in total. The molecule has 24 heavy (non-hydrogen) atoms. The minimum atomic E-state index is -4.67. The number of carbonyl (C=O) groups excluding carboxylic acids is 3. The maximum atomic E-state index is 13.1. The van der Waals surface area contributed by atoms with E-state index in [1.807, 2.05) is 5.32 Å². The van der Waals surface area contributed by atoms with Crippen LogP contribution >= 0.6 is 0 Å². The summed E-state index contributed by atoms with van der Waals surface area (Å²) < 4.78 is 51.6. The molecule has 1 aliphatic rings. The molecular formula is C14H13F4N3O3. The Hall–Kier alpha value is -2.65. The number of rotatable bonds is 5. The number of urea groups is 1. The number of nitrogens with one attached hydrogen (secondary N) is 3. The van der Waals surface area contributed by atoms with E-state index in [4.69, 9.17) is 0 Å². The van der Waals surface area contributed by atoms with Gasteiger partial charge in [0.2, 0.25) is 5.91 Å². The van der Waals surface area contributed by atoms with Crippen molar-refractivity contribution in [3.63, 3.8) is 0 Å². The van der Waals surface area contributed by atoms with Gasteiger partial charge in [0, 0.05) is 13.0 Å². The third-order valence-corrected chi connectivity index (χ3v) is 3.37. The molecule has 1 heterocycles. The van der Waals surface area contributed by atoms with Crippen LogP contribution in [-0.2, 0) is 22.3 Å². The fourth-order valence-electron chi connectivity index (χ4n) is 2.20. The lowest BCUT2D eigenvalue weighted by molar-refractivity contribution is -0.138. The van der Waals surface area contributed by atoms with Crippen molar-refractivity contribution in [2.24, 2.45) is 0 Å². The Balaban J connectivity index is 1.91. The molecule has 0 bridgehead atoms. The van der Waals surface area contributed by atoms with E-state index < -0.39 is 53.6 Å². The van der Waals surface area contributed by atoms with Crippen LogP contribution in [0.1, 0.15) is 24.0 Å². The summed E-state index contributed by atoms with van der Waals surface area (Å²) in [7, 11) is 0. The van der Waals surface area contributed by atoms with Crippen LogP contribution in [0, 0.1) is 5.82 Å². The second kappa shape index (κ2) is 6.85. The molecule has 130 valence electrons. The van der Waals surface area contributed by atoms with E-state index in [0.29, 0.717) is 18.2 Å². The molecule has 0 radical (unpaired) electrons. The van der Waals surface area contributed by atoms with Gasteiger partial charge in [-0.3, -0.25) is 14.9 Å². The van der Waals surface area contributed by atoms with E-state index in [0.717, 1.165) is 0 Å². The van der Waals surface area contributed by atoms with Gasteiger partial charge < -0.3 is 10.6 Å². The zero-order valence-corrected chi connectivity index (χ0v) is 12.2. The summed E-state index contributed by atoms with van der Waals surface area (Å²) in [5, 5.41) is 6.52. The first-order valence-corrected chi connectivity index (χ1v) is 6.90. The van der Waals surface area contributed by atoms with Crippen LogP contribution in [0.2, 0.25) is 0 Å². The summed E-state index contributed by atoms with van der Waals surface area (Å²) >= 11 is 0. The maximum absolute atomic E-state index is 13.1. The number of carbonyl (C=O) groups is 3. The van der Waals surface area contributed by atoms with Gasteiger partial charge in [-0.2, -0.15) is 13.2 Å². The molecule has 1 aromatic carbocycles. The average molecular weight is 347 g/mol. The molecule has 1 aromatic rings. The predicted molar refractivity (Wildman–Crippen MR) is 72.9 cm³/mol.